The van der Waals surface area contributed by atoms with Gasteiger partial charge >= 0.3 is 0 Å². The van der Waals surface area contributed by atoms with Gasteiger partial charge in [-0.05, 0) is 86.1 Å². The molecule has 17 nitrogen and oxygen atoms in total. The van der Waals surface area contributed by atoms with E-state index in [2.05, 4.69) is 70.5 Å². The summed E-state index contributed by atoms with van der Waals surface area (Å²) in [7, 11) is 0. The summed E-state index contributed by atoms with van der Waals surface area (Å²) in [5.74, 6) is 0.166. The molecule has 1 atom stereocenters. The fraction of sp³-hybridized carbons (Fsp3) is 0.460. The SMILES string of the molecule is CC1(C)C(NC(=O)c2ccc(-c3cnn(C4CCN(CC5CCN(C(=O)COc6ccc7nnn(C8CCC(=O)NC8=O)c(=O)c7c6)CC5)CC4)c3)cc2)C(C)(C)C1Oc1ccc(C#N)c(Cl)c1. The lowest BCUT2D eigenvalue weighted by atomic mass is 9.49. The molecule has 354 valence electrons. The van der Waals surface area contributed by atoms with E-state index in [-0.39, 0.29) is 59.6 Å². The van der Waals surface area contributed by atoms with E-state index in [0.29, 0.717) is 58.2 Å². The second kappa shape index (κ2) is 18.8. The van der Waals surface area contributed by atoms with Crippen LogP contribution in [0.5, 0.6) is 11.5 Å². The average Bonchev–Trinajstić information content (AvgIpc) is 3.83. The van der Waals surface area contributed by atoms with Crippen molar-refractivity contribution >= 4 is 46.1 Å². The molecule has 2 N–H and O–H groups in total. The Morgan fingerprint density at radius 1 is 0.897 bits per heavy atom. The van der Waals surface area contributed by atoms with E-state index in [1.807, 2.05) is 35.4 Å². The van der Waals surface area contributed by atoms with Crippen molar-refractivity contribution in [1.29, 1.82) is 5.26 Å². The summed E-state index contributed by atoms with van der Waals surface area (Å²) in [5.41, 5.74) is 2.02. The molecular weight excluding hydrogens is 888 g/mol. The second-order valence-corrected chi connectivity index (χ2v) is 20.1. The summed E-state index contributed by atoms with van der Waals surface area (Å²) in [5, 5.41) is 28.1. The van der Waals surface area contributed by atoms with Crippen LogP contribution in [0.2, 0.25) is 5.02 Å². The number of benzene rings is 3. The number of nitrogens with zero attached hydrogens (tertiary/aromatic N) is 8. The molecule has 5 aromatic rings. The number of imide groups is 1. The van der Waals surface area contributed by atoms with Crippen LogP contribution in [-0.2, 0) is 14.4 Å². The van der Waals surface area contributed by atoms with Crippen LogP contribution in [0.15, 0.2) is 77.9 Å². The minimum atomic E-state index is -0.932. The van der Waals surface area contributed by atoms with Crippen molar-refractivity contribution in [2.75, 3.05) is 39.3 Å². The number of ether oxygens (including phenoxy) is 2. The van der Waals surface area contributed by atoms with Crippen LogP contribution in [0.3, 0.4) is 0 Å². The van der Waals surface area contributed by atoms with Crippen LogP contribution in [0.4, 0.5) is 0 Å². The zero-order valence-electron chi connectivity index (χ0n) is 38.6. The Kier molecular flexibility index (Phi) is 12.8. The van der Waals surface area contributed by atoms with Gasteiger partial charge in [0.2, 0.25) is 5.91 Å². The van der Waals surface area contributed by atoms with Crippen LogP contribution in [0.25, 0.3) is 22.0 Å². The van der Waals surface area contributed by atoms with E-state index in [0.717, 1.165) is 61.1 Å². The maximum atomic E-state index is 13.6. The van der Waals surface area contributed by atoms with Gasteiger partial charge in [0, 0.05) is 79.4 Å². The summed E-state index contributed by atoms with van der Waals surface area (Å²) in [6.45, 7) is 12.4. The number of hydrogen-bond donors (Lipinski definition) is 2. The molecule has 0 spiro atoms. The van der Waals surface area contributed by atoms with E-state index in [4.69, 9.17) is 26.2 Å². The van der Waals surface area contributed by atoms with Crippen LogP contribution < -0.4 is 25.7 Å². The van der Waals surface area contributed by atoms with Gasteiger partial charge in [0.15, 0.2) is 6.61 Å². The Balaban J connectivity index is 0.706. The quantitative estimate of drug-likeness (QED) is 0.144. The summed E-state index contributed by atoms with van der Waals surface area (Å²) >= 11 is 6.26. The highest BCUT2D eigenvalue weighted by Crippen LogP contribution is 2.55. The Labute approximate surface area is 398 Å². The van der Waals surface area contributed by atoms with Gasteiger partial charge < -0.3 is 24.6 Å². The molecule has 3 aliphatic heterocycles. The predicted molar refractivity (Wildman–Crippen MR) is 252 cm³/mol. The highest BCUT2D eigenvalue weighted by molar-refractivity contribution is 6.31. The normalized spacial score (nSPS) is 21.9. The van der Waals surface area contributed by atoms with Gasteiger partial charge in [0.05, 0.1) is 28.2 Å². The number of likely N-dealkylation sites (tertiary alicyclic amines) is 2. The third-order valence-corrected chi connectivity index (χ3v) is 14.8. The number of carbonyl (C=O) groups excluding carboxylic acids is 4. The third-order valence-electron chi connectivity index (χ3n) is 14.4. The molecule has 0 bridgehead atoms. The number of hydrogen-bond acceptors (Lipinski definition) is 12. The molecule has 9 rings (SSSR count). The van der Waals surface area contributed by atoms with E-state index < -0.39 is 23.4 Å². The molecule has 4 fully saturated rings. The molecular formula is C50H55ClN10O7. The van der Waals surface area contributed by atoms with Gasteiger partial charge in [-0.3, -0.25) is 34.0 Å². The summed E-state index contributed by atoms with van der Waals surface area (Å²) in [4.78, 5) is 68.3. The first-order valence-electron chi connectivity index (χ1n) is 23.3. The number of piperidine rings is 3. The molecule has 4 aliphatic rings. The number of amides is 4. The minimum absolute atomic E-state index is 0.101. The zero-order valence-corrected chi connectivity index (χ0v) is 39.4. The van der Waals surface area contributed by atoms with Gasteiger partial charge in [-0.1, -0.05) is 56.6 Å². The number of nitriles is 1. The van der Waals surface area contributed by atoms with Crippen LogP contribution in [0.1, 0.15) is 94.2 Å². The molecule has 18 heteroatoms. The minimum Gasteiger partial charge on any atom is -0.489 e. The highest BCUT2D eigenvalue weighted by Gasteiger charge is 2.64. The molecule has 0 radical (unpaired) electrons. The highest BCUT2D eigenvalue weighted by atomic mass is 35.5. The van der Waals surface area contributed by atoms with E-state index >= 15 is 0 Å². The largest absolute Gasteiger partial charge is 0.489 e. The van der Waals surface area contributed by atoms with Crippen LogP contribution >= 0.6 is 11.6 Å². The zero-order chi connectivity index (χ0) is 47.9. The first kappa shape index (κ1) is 46.5. The first-order chi connectivity index (χ1) is 32.6. The number of rotatable bonds is 12. The molecule has 3 aromatic carbocycles. The monoisotopic (exact) mass is 942 g/mol. The Morgan fingerprint density at radius 3 is 2.31 bits per heavy atom. The average molecular weight is 944 g/mol. The van der Waals surface area contributed by atoms with E-state index in [1.165, 1.54) is 6.07 Å². The molecule has 4 amide bonds. The maximum Gasteiger partial charge on any atom is 0.278 e. The van der Waals surface area contributed by atoms with Crippen molar-refractivity contribution in [3.63, 3.8) is 0 Å². The molecule has 1 aliphatic carbocycles. The Morgan fingerprint density at radius 2 is 1.62 bits per heavy atom. The summed E-state index contributed by atoms with van der Waals surface area (Å²) in [6, 6.07) is 18.7. The van der Waals surface area contributed by atoms with Crippen molar-refractivity contribution in [3.8, 4) is 28.7 Å². The van der Waals surface area contributed by atoms with E-state index in [1.54, 1.807) is 30.3 Å². The van der Waals surface area contributed by atoms with Crippen molar-refractivity contribution in [2.45, 2.75) is 90.4 Å². The fourth-order valence-electron chi connectivity index (χ4n) is 10.9. The Bertz CT molecular complexity index is 2840. The number of halogens is 1. The molecule has 5 heterocycles. The fourth-order valence-corrected chi connectivity index (χ4v) is 11.1. The molecule has 3 saturated heterocycles. The van der Waals surface area contributed by atoms with E-state index in [9.17, 15) is 29.2 Å². The molecule has 2 aromatic heterocycles. The number of nitrogens with one attached hydrogen (secondary N) is 2. The number of aromatic nitrogens is 5. The summed E-state index contributed by atoms with van der Waals surface area (Å²) in [6.07, 6.45) is 7.84. The maximum absolute atomic E-state index is 13.6. The topological polar surface area (TPSA) is 207 Å². The number of fused-ring (bicyclic) bond motifs is 1. The standard InChI is InChI=1S/C50H55ClN10O7/c1-49(2)47(50(3,4)48(49)68-37-10-9-33(25-52)39(51)24-37)55-44(64)32-7-5-31(6-8-32)34-26-53-60(28-34)35-17-19-58(20-18-35)27-30-15-21-59(22-16-30)43(63)29-67-36-11-12-40-38(23-36)46(66)61(57-56-40)41-13-14-42(62)54-45(41)65/h5-12,23-24,26,28,30,35,41,47-48H,13-22,27,29H2,1-4H3,(H,55,64)(H,54,62,65). The second-order valence-electron chi connectivity index (χ2n) is 19.7. The van der Waals surface area contributed by atoms with Gasteiger partial charge in [0.25, 0.3) is 23.3 Å². The Hall–Kier alpha value is -6.64. The lowest BCUT2D eigenvalue weighted by Gasteiger charge is -2.63. The van der Waals surface area contributed by atoms with Crippen molar-refractivity contribution in [2.24, 2.45) is 16.7 Å². The molecule has 1 unspecified atom stereocenters. The van der Waals surface area contributed by atoms with Crippen molar-refractivity contribution < 1.29 is 28.7 Å². The molecule has 1 saturated carbocycles. The van der Waals surface area contributed by atoms with Gasteiger partial charge in [-0.25, -0.2) is 0 Å². The van der Waals surface area contributed by atoms with Gasteiger partial charge in [0.1, 0.15) is 35.2 Å². The van der Waals surface area contributed by atoms with Gasteiger partial charge in [-0.2, -0.15) is 15.0 Å². The third kappa shape index (κ3) is 9.31. The first-order valence-corrected chi connectivity index (χ1v) is 23.6. The van der Waals surface area contributed by atoms with Crippen molar-refractivity contribution in [1.82, 2.24) is 45.2 Å². The number of carbonyl (C=O) groups is 4. The smallest absolute Gasteiger partial charge is 0.278 e. The summed E-state index contributed by atoms with van der Waals surface area (Å²) < 4.78 is 15.3. The van der Waals surface area contributed by atoms with Crippen molar-refractivity contribution in [3.05, 3.63) is 99.6 Å². The van der Waals surface area contributed by atoms with Crippen LogP contribution in [-0.4, -0.2) is 110 Å². The van der Waals surface area contributed by atoms with Gasteiger partial charge in [-0.15, -0.1) is 5.10 Å². The van der Waals surface area contributed by atoms with Crippen LogP contribution in [0, 0.1) is 28.1 Å². The lowest BCUT2D eigenvalue weighted by Crippen LogP contribution is -2.74. The molecule has 68 heavy (non-hydrogen) atoms. The lowest BCUT2D eigenvalue weighted by molar-refractivity contribution is -0.164. The predicted octanol–water partition coefficient (Wildman–Crippen LogP) is 5.72.